The Balaban J connectivity index is 0.00000121. The van der Waals surface area contributed by atoms with E-state index in [-0.39, 0.29) is 30.7 Å². The average Bonchev–Trinajstić information content (AvgIpc) is 2.87. The number of hydrogen-bond donors (Lipinski definition) is 3. The Bertz CT molecular complexity index is 625. The lowest BCUT2D eigenvalue weighted by atomic mass is 10.00. The van der Waals surface area contributed by atoms with Crippen molar-refractivity contribution in [3.63, 3.8) is 0 Å². The van der Waals surface area contributed by atoms with E-state index in [1.807, 2.05) is 13.0 Å². The molecule has 3 N–H and O–H groups in total. The van der Waals surface area contributed by atoms with Crippen LogP contribution in [0.15, 0.2) is 12.3 Å². The van der Waals surface area contributed by atoms with E-state index < -0.39 is 0 Å². The molecule has 1 atom stereocenters. The molecule has 1 unspecified atom stereocenters. The second-order valence-corrected chi connectivity index (χ2v) is 5.37. The quantitative estimate of drug-likeness (QED) is 0.792. The number of aromatic nitrogens is 3. The third-order valence-electron chi connectivity index (χ3n) is 3.81. The number of aromatic amines is 1. The van der Waals surface area contributed by atoms with Gasteiger partial charge in [-0.3, -0.25) is 9.89 Å². The van der Waals surface area contributed by atoms with Gasteiger partial charge in [0.1, 0.15) is 0 Å². The minimum absolute atomic E-state index is 0. The summed E-state index contributed by atoms with van der Waals surface area (Å²) in [4.78, 5) is 16.4. The molecule has 122 valence electrons. The average molecular weight is 346 g/mol. The second kappa shape index (κ2) is 8.31. The zero-order chi connectivity index (χ0) is 13.9. The van der Waals surface area contributed by atoms with Crippen molar-refractivity contribution in [3.05, 3.63) is 23.5 Å². The monoisotopic (exact) mass is 345 g/mol. The Kier molecular flexibility index (Phi) is 7.06. The van der Waals surface area contributed by atoms with E-state index in [0.29, 0.717) is 23.7 Å². The van der Waals surface area contributed by atoms with Gasteiger partial charge in [0, 0.05) is 23.8 Å². The highest BCUT2D eigenvalue weighted by atomic mass is 35.5. The van der Waals surface area contributed by atoms with Gasteiger partial charge < -0.3 is 10.6 Å². The lowest BCUT2D eigenvalue weighted by Gasteiger charge is -2.22. The Morgan fingerprint density at radius 3 is 3.00 bits per heavy atom. The van der Waals surface area contributed by atoms with Crippen molar-refractivity contribution < 1.29 is 4.79 Å². The van der Waals surface area contributed by atoms with Gasteiger partial charge in [0.25, 0.3) is 5.91 Å². The van der Waals surface area contributed by atoms with Gasteiger partial charge in [-0.15, -0.1) is 24.8 Å². The number of hydrogen-bond acceptors (Lipinski definition) is 4. The molecular weight excluding hydrogens is 325 g/mol. The van der Waals surface area contributed by atoms with Crippen LogP contribution in [-0.2, 0) is 0 Å². The van der Waals surface area contributed by atoms with E-state index in [1.165, 1.54) is 12.8 Å². The Hall–Kier alpha value is -1.37. The molecule has 0 bridgehead atoms. The van der Waals surface area contributed by atoms with Gasteiger partial charge in [-0.1, -0.05) is 0 Å². The first-order valence-corrected chi connectivity index (χ1v) is 7.03. The van der Waals surface area contributed by atoms with E-state index in [9.17, 15) is 4.79 Å². The van der Waals surface area contributed by atoms with E-state index in [0.717, 1.165) is 24.2 Å². The number of amides is 1. The van der Waals surface area contributed by atoms with Crippen molar-refractivity contribution in [2.45, 2.75) is 19.8 Å². The van der Waals surface area contributed by atoms with Crippen molar-refractivity contribution >= 4 is 41.8 Å². The van der Waals surface area contributed by atoms with Gasteiger partial charge in [0.05, 0.1) is 5.56 Å². The zero-order valence-electron chi connectivity index (χ0n) is 12.4. The highest BCUT2D eigenvalue weighted by molar-refractivity contribution is 5.97. The van der Waals surface area contributed by atoms with E-state index in [1.54, 1.807) is 6.20 Å². The van der Waals surface area contributed by atoms with Crippen molar-refractivity contribution in [2.24, 2.45) is 5.92 Å². The minimum atomic E-state index is -0.0643. The first-order valence-electron chi connectivity index (χ1n) is 7.03. The lowest BCUT2D eigenvalue weighted by Crippen LogP contribution is -2.38. The van der Waals surface area contributed by atoms with Crippen LogP contribution >= 0.6 is 24.8 Å². The third-order valence-corrected chi connectivity index (χ3v) is 3.81. The van der Waals surface area contributed by atoms with Crippen LogP contribution in [0.2, 0.25) is 0 Å². The first-order chi connectivity index (χ1) is 9.74. The molecule has 6 nitrogen and oxygen atoms in total. The summed E-state index contributed by atoms with van der Waals surface area (Å²) < 4.78 is 0. The summed E-state index contributed by atoms with van der Waals surface area (Å²) >= 11 is 0. The Morgan fingerprint density at radius 2 is 2.27 bits per heavy atom. The molecule has 2 aromatic heterocycles. The fourth-order valence-corrected chi connectivity index (χ4v) is 2.58. The number of carbonyl (C=O) groups excluding carboxylic acids is 1. The normalized spacial score (nSPS) is 17.4. The van der Waals surface area contributed by atoms with Gasteiger partial charge in [-0.25, -0.2) is 4.98 Å². The van der Waals surface area contributed by atoms with Crippen LogP contribution in [0.3, 0.4) is 0 Å². The van der Waals surface area contributed by atoms with Crippen LogP contribution in [0.5, 0.6) is 0 Å². The predicted octanol–water partition coefficient (Wildman–Crippen LogP) is 1.84. The van der Waals surface area contributed by atoms with E-state index >= 15 is 0 Å². The standard InChI is InChI=1S/C14H19N5O.2ClH/c1-9-12-5-11(8-16-13(12)19-18-9)14(20)17-7-10-3-2-4-15-6-10;;/h5,8,10,15H,2-4,6-7H2,1H3,(H,17,20)(H,16,18,19);2*1H. The van der Waals surface area contributed by atoms with Crippen LogP contribution in [0.1, 0.15) is 28.9 Å². The maximum atomic E-state index is 12.2. The van der Waals surface area contributed by atoms with Crippen molar-refractivity contribution in [2.75, 3.05) is 19.6 Å². The van der Waals surface area contributed by atoms with Crippen LogP contribution in [0, 0.1) is 12.8 Å². The van der Waals surface area contributed by atoms with Gasteiger partial charge in [0.15, 0.2) is 5.65 Å². The van der Waals surface area contributed by atoms with Crippen LogP contribution in [0.4, 0.5) is 0 Å². The predicted molar refractivity (Wildman–Crippen MR) is 91.0 cm³/mol. The summed E-state index contributed by atoms with van der Waals surface area (Å²) in [6, 6.07) is 1.84. The Morgan fingerprint density at radius 1 is 1.45 bits per heavy atom. The highest BCUT2D eigenvalue weighted by Gasteiger charge is 2.15. The van der Waals surface area contributed by atoms with Gasteiger partial charge >= 0.3 is 0 Å². The van der Waals surface area contributed by atoms with Crippen molar-refractivity contribution in [1.29, 1.82) is 0 Å². The van der Waals surface area contributed by atoms with E-state index in [2.05, 4.69) is 25.8 Å². The molecule has 2 aromatic rings. The molecule has 3 heterocycles. The Labute approximate surface area is 141 Å². The van der Waals surface area contributed by atoms with Gasteiger partial charge in [0.2, 0.25) is 0 Å². The molecule has 22 heavy (non-hydrogen) atoms. The molecule has 0 saturated carbocycles. The maximum absolute atomic E-state index is 12.2. The largest absolute Gasteiger partial charge is 0.352 e. The highest BCUT2D eigenvalue weighted by Crippen LogP contribution is 2.14. The topological polar surface area (TPSA) is 82.7 Å². The number of nitrogens with one attached hydrogen (secondary N) is 3. The van der Waals surface area contributed by atoms with Crippen LogP contribution in [0.25, 0.3) is 11.0 Å². The number of carbonyl (C=O) groups is 1. The SMILES string of the molecule is Cc1[nH]nc2ncc(C(=O)NCC3CCCNC3)cc12.Cl.Cl. The minimum Gasteiger partial charge on any atom is -0.352 e. The molecule has 1 aliphatic rings. The summed E-state index contributed by atoms with van der Waals surface area (Å²) in [5.41, 5.74) is 2.17. The molecule has 1 amide bonds. The fraction of sp³-hybridized carbons (Fsp3) is 0.500. The number of pyridine rings is 1. The summed E-state index contributed by atoms with van der Waals surface area (Å²) in [6.07, 6.45) is 3.94. The summed E-state index contributed by atoms with van der Waals surface area (Å²) in [6.45, 7) is 4.71. The molecule has 8 heteroatoms. The molecule has 0 spiro atoms. The van der Waals surface area contributed by atoms with Crippen LogP contribution < -0.4 is 10.6 Å². The number of nitrogens with zero attached hydrogens (tertiary/aromatic N) is 2. The molecule has 1 aliphatic heterocycles. The summed E-state index contributed by atoms with van der Waals surface area (Å²) in [5, 5.41) is 14.2. The molecule has 0 aromatic carbocycles. The molecule has 1 saturated heterocycles. The summed E-state index contributed by atoms with van der Waals surface area (Å²) in [7, 11) is 0. The van der Waals surface area contributed by atoms with Crippen molar-refractivity contribution in [3.8, 4) is 0 Å². The number of rotatable bonds is 3. The lowest BCUT2D eigenvalue weighted by molar-refractivity contribution is 0.0944. The number of fused-ring (bicyclic) bond motifs is 1. The number of aryl methyl sites for hydroxylation is 1. The molecule has 1 fully saturated rings. The number of halogens is 2. The van der Waals surface area contributed by atoms with Crippen LogP contribution in [-0.4, -0.2) is 40.7 Å². The molecule has 0 radical (unpaired) electrons. The fourth-order valence-electron chi connectivity index (χ4n) is 2.58. The zero-order valence-corrected chi connectivity index (χ0v) is 14.0. The molecule has 3 rings (SSSR count). The number of H-pyrrole nitrogens is 1. The van der Waals surface area contributed by atoms with Gasteiger partial charge in [-0.2, -0.15) is 5.10 Å². The summed E-state index contributed by atoms with van der Waals surface area (Å²) in [5.74, 6) is 0.464. The van der Waals surface area contributed by atoms with Crippen molar-refractivity contribution in [1.82, 2.24) is 25.8 Å². The van der Waals surface area contributed by atoms with Gasteiger partial charge in [-0.05, 0) is 44.8 Å². The molecule has 0 aliphatic carbocycles. The molecular formula is C14H21Cl2N5O. The second-order valence-electron chi connectivity index (χ2n) is 5.37. The number of piperidine rings is 1. The van der Waals surface area contributed by atoms with E-state index in [4.69, 9.17) is 0 Å². The third kappa shape index (κ3) is 4.09. The smallest absolute Gasteiger partial charge is 0.252 e. The first kappa shape index (κ1) is 18.7. The maximum Gasteiger partial charge on any atom is 0.252 e.